The zero-order valence-corrected chi connectivity index (χ0v) is 9.07. The molecular formula is C3H8Cl2Hf. The fraction of sp³-hybridized carbons (Fsp3) is 1.00. The number of rotatable bonds is 0. The van der Waals surface area contributed by atoms with Gasteiger partial charge in [0.25, 0.3) is 0 Å². The van der Waals surface area contributed by atoms with Crippen LogP contribution in [0.4, 0.5) is 0 Å². The predicted molar refractivity (Wildman–Crippen MR) is 27.7 cm³/mol. The van der Waals surface area contributed by atoms with Gasteiger partial charge in [-0.1, -0.05) is 20.3 Å². The Morgan fingerprint density at radius 2 is 1.33 bits per heavy atom. The van der Waals surface area contributed by atoms with Crippen molar-refractivity contribution < 1.29 is 20.5 Å². The minimum absolute atomic E-state index is 0.972. The molecule has 0 saturated carbocycles. The Hall–Kier alpha value is 1.45. The molecule has 0 spiro atoms. The molecule has 0 aromatic heterocycles. The van der Waals surface area contributed by atoms with Crippen LogP contribution in [0.25, 0.3) is 0 Å². The van der Waals surface area contributed by atoms with Crippen LogP contribution in [0.2, 0.25) is 0 Å². The summed E-state index contributed by atoms with van der Waals surface area (Å²) in [6, 6.07) is 0. The van der Waals surface area contributed by atoms with Crippen molar-refractivity contribution in [3.05, 3.63) is 0 Å². The third-order valence-electron chi connectivity index (χ3n) is 0. The first kappa shape index (κ1) is 10.4. The van der Waals surface area contributed by atoms with Crippen molar-refractivity contribution in [3.8, 4) is 0 Å². The number of hydrogen-bond donors (Lipinski definition) is 0. The maximum absolute atomic E-state index is 4.96. The summed E-state index contributed by atoms with van der Waals surface area (Å²) in [5.41, 5.74) is 0. The second-order valence-corrected chi connectivity index (χ2v) is 5.97. The van der Waals surface area contributed by atoms with Gasteiger partial charge in [0.2, 0.25) is 0 Å². The molecule has 0 aromatic rings. The monoisotopic (exact) mass is 294 g/mol. The first-order valence-electron chi connectivity index (χ1n) is 1.79. The normalized spacial score (nSPS) is 5.33. The molecule has 6 heavy (non-hydrogen) atoms. The Kier molecular flexibility index (Phi) is 28.0. The van der Waals surface area contributed by atoms with Crippen LogP contribution in [0.15, 0.2) is 0 Å². The molecule has 0 amide bonds. The van der Waals surface area contributed by atoms with Gasteiger partial charge in [-0.3, -0.25) is 0 Å². The average Bonchev–Trinajstić information content (AvgIpc) is 1.39. The first-order chi connectivity index (χ1) is 2.83. The fourth-order valence-corrected chi connectivity index (χ4v) is 0. The van der Waals surface area contributed by atoms with Gasteiger partial charge in [0.15, 0.2) is 0 Å². The maximum atomic E-state index is 4.96. The summed E-state index contributed by atoms with van der Waals surface area (Å²) in [5.74, 6) is 0. The van der Waals surface area contributed by atoms with E-state index in [0.29, 0.717) is 0 Å². The molecule has 0 nitrogen and oxygen atoms in total. The topological polar surface area (TPSA) is 0 Å². The molecule has 0 aliphatic rings. The molecule has 0 aromatic carbocycles. The van der Waals surface area contributed by atoms with Crippen LogP contribution in [-0.2, 0) is 20.5 Å². The van der Waals surface area contributed by atoms with Crippen LogP contribution in [-0.4, -0.2) is 0 Å². The van der Waals surface area contributed by atoms with E-state index in [1.54, 1.807) is 0 Å². The molecule has 0 atom stereocenters. The van der Waals surface area contributed by atoms with E-state index in [1.807, 2.05) is 0 Å². The molecular weight excluding hydrogens is 285 g/mol. The first-order valence-corrected chi connectivity index (χ1v) is 10.7. The Balaban J connectivity index is 0. The molecule has 0 saturated heterocycles. The zero-order chi connectivity index (χ0) is 5.41. The van der Waals surface area contributed by atoms with Gasteiger partial charge >= 0.3 is 37.7 Å². The molecule has 0 aliphatic carbocycles. The van der Waals surface area contributed by atoms with Crippen LogP contribution < -0.4 is 0 Å². The van der Waals surface area contributed by atoms with Gasteiger partial charge in [-0.15, -0.1) is 0 Å². The van der Waals surface area contributed by atoms with E-state index in [2.05, 4.69) is 13.8 Å². The fourth-order valence-electron chi connectivity index (χ4n) is 0. The third kappa shape index (κ3) is 51.3. The molecule has 0 rings (SSSR count). The third-order valence-corrected chi connectivity index (χ3v) is 0. The molecule has 0 fully saturated rings. The Labute approximate surface area is 57.7 Å². The van der Waals surface area contributed by atoms with Gasteiger partial charge in [-0.05, 0) is 0 Å². The van der Waals surface area contributed by atoms with E-state index < -0.39 is 20.5 Å². The molecule has 0 aliphatic heterocycles. The summed E-state index contributed by atoms with van der Waals surface area (Å²) in [6.45, 7) is 4.25. The second-order valence-electron chi connectivity index (χ2n) is 0.779. The molecule has 38 valence electrons. The minimum atomic E-state index is -0.972. The van der Waals surface area contributed by atoms with Crippen molar-refractivity contribution in [2.24, 2.45) is 0 Å². The molecule has 0 heterocycles. The summed E-state index contributed by atoms with van der Waals surface area (Å²) in [5, 5.41) is 0. The van der Waals surface area contributed by atoms with Crippen LogP contribution in [0.5, 0.6) is 0 Å². The second kappa shape index (κ2) is 16.1. The zero-order valence-electron chi connectivity index (χ0n) is 3.96. The summed E-state index contributed by atoms with van der Waals surface area (Å²) >= 11 is -0.972. The molecule has 0 unspecified atom stereocenters. The van der Waals surface area contributed by atoms with Crippen LogP contribution in [0.3, 0.4) is 0 Å². The summed E-state index contributed by atoms with van der Waals surface area (Å²) in [6.07, 6.45) is 1.25. The van der Waals surface area contributed by atoms with Gasteiger partial charge in [-0.2, -0.15) is 0 Å². The Morgan fingerprint density at radius 1 is 1.33 bits per heavy atom. The van der Waals surface area contributed by atoms with E-state index in [4.69, 9.17) is 17.2 Å². The van der Waals surface area contributed by atoms with Crippen LogP contribution in [0.1, 0.15) is 20.3 Å². The van der Waals surface area contributed by atoms with Gasteiger partial charge in [0, 0.05) is 0 Å². The number of halogens is 2. The van der Waals surface area contributed by atoms with E-state index >= 15 is 0 Å². The summed E-state index contributed by atoms with van der Waals surface area (Å²) in [4.78, 5) is 0. The summed E-state index contributed by atoms with van der Waals surface area (Å²) < 4.78 is 0. The molecule has 0 bridgehead atoms. The molecule has 0 N–H and O–H groups in total. The van der Waals surface area contributed by atoms with E-state index in [1.165, 1.54) is 6.42 Å². The van der Waals surface area contributed by atoms with Crippen molar-refractivity contribution in [1.82, 2.24) is 0 Å². The summed E-state index contributed by atoms with van der Waals surface area (Å²) in [7, 11) is 9.92. The SMILES string of the molecule is CCC.[Cl][Hf][Cl]. The van der Waals surface area contributed by atoms with Crippen molar-refractivity contribution in [3.63, 3.8) is 0 Å². The van der Waals surface area contributed by atoms with Gasteiger partial charge in [0.05, 0.1) is 0 Å². The molecule has 3 heteroatoms. The number of hydrogen-bond acceptors (Lipinski definition) is 0. The van der Waals surface area contributed by atoms with Crippen molar-refractivity contribution in [2.75, 3.05) is 0 Å². The van der Waals surface area contributed by atoms with Crippen molar-refractivity contribution in [1.29, 1.82) is 0 Å². The van der Waals surface area contributed by atoms with Gasteiger partial charge in [0.1, 0.15) is 0 Å². The van der Waals surface area contributed by atoms with Crippen LogP contribution >= 0.6 is 17.2 Å². The molecule has 0 radical (unpaired) electrons. The van der Waals surface area contributed by atoms with E-state index in [0.717, 1.165) is 0 Å². The quantitative estimate of drug-likeness (QED) is 0.603. The van der Waals surface area contributed by atoms with Gasteiger partial charge < -0.3 is 0 Å². The average molecular weight is 293 g/mol. The standard InChI is InChI=1S/C3H8.2ClH.Hf/c1-3-2;;;/h3H2,1-2H3;2*1H;/q;;;+2/p-2. The van der Waals surface area contributed by atoms with Gasteiger partial charge in [-0.25, -0.2) is 0 Å². The van der Waals surface area contributed by atoms with E-state index in [-0.39, 0.29) is 0 Å². The Bertz CT molecular complexity index is 10.8. The van der Waals surface area contributed by atoms with Crippen molar-refractivity contribution >= 4 is 17.2 Å². The van der Waals surface area contributed by atoms with Crippen molar-refractivity contribution in [2.45, 2.75) is 20.3 Å². The van der Waals surface area contributed by atoms with Crippen LogP contribution in [0, 0.1) is 0 Å². The Morgan fingerprint density at radius 3 is 1.33 bits per heavy atom. The van der Waals surface area contributed by atoms with E-state index in [9.17, 15) is 0 Å². The predicted octanol–water partition coefficient (Wildman–Crippen LogP) is 2.79.